The number of nitrogens with one attached hydrogen (secondary N) is 3. The topological polar surface area (TPSA) is 300 Å². The van der Waals surface area contributed by atoms with Crippen LogP contribution in [0.15, 0.2) is 0 Å². The molecule has 242 valence electrons. The van der Waals surface area contributed by atoms with E-state index in [9.17, 15) is 43.5 Å². The molecule has 0 spiro atoms. The predicted molar refractivity (Wildman–Crippen MR) is 154 cm³/mol. The maximum Gasteiger partial charge on any atom is 0.326 e. The normalized spacial score (nSPS) is 17.2. The zero-order valence-corrected chi connectivity index (χ0v) is 24.9. The van der Waals surface area contributed by atoms with Crippen LogP contribution in [-0.4, -0.2) is 106 Å². The highest BCUT2D eigenvalue weighted by Crippen LogP contribution is 2.20. The lowest BCUT2D eigenvalue weighted by Gasteiger charge is -2.30. The molecule has 17 nitrogen and oxygen atoms in total. The van der Waals surface area contributed by atoms with Gasteiger partial charge in [0.15, 0.2) is 0 Å². The highest BCUT2D eigenvalue weighted by atomic mass is 32.2. The first-order chi connectivity index (χ1) is 20.2. The Morgan fingerprint density at radius 2 is 1.33 bits per heavy atom. The molecule has 1 aliphatic rings. The Kier molecular flexibility index (Phi) is 16.0. The smallest absolute Gasteiger partial charge is 0.326 e. The summed E-state index contributed by atoms with van der Waals surface area (Å²) in [6.07, 6.45) is 1.35. The van der Waals surface area contributed by atoms with Crippen LogP contribution in [0.5, 0.6) is 0 Å². The molecule has 5 atom stereocenters. The Hall–Kier alpha value is -3.93. The van der Waals surface area contributed by atoms with Gasteiger partial charge in [-0.3, -0.25) is 33.6 Å². The minimum Gasteiger partial charge on any atom is -0.480 e. The van der Waals surface area contributed by atoms with Crippen molar-refractivity contribution in [2.24, 2.45) is 22.9 Å². The van der Waals surface area contributed by atoms with Crippen LogP contribution < -0.4 is 38.9 Å². The molecule has 1 saturated heterocycles. The molecule has 0 aromatic carbocycles. The van der Waals surface area contributed by atoms with Gasteiger partial charge < -0.3 is 48.9 Å². The van der Waals surface area contributed by atoms with E-state index in [1.54, 1.807) is 6.26 Å². The summed E-state index contributed by atoms with van der Waals surface area (Å²) in [4.78, 5) is 98.9. The lowest BCUT2D eigenvalue weighted by Crippen LogP contribution is -2.58. The molecule has 7 amide bonds. The van der Waals surface area contributed by atoms with E-state index in [1.807, 2.05) is 0 Å². The molecule has 0 aliphatic carbocycles. The van der Waals surface area contributed by atoms with E-state index < -0.39 is 77.5 Å². The number of aliphatic carboxylic acids is 1. The van der Waals surface area contributed by atoms with Crippen molar-refractivity contribution in [1.82, 2.24) is 20.9 Å². The first-order valence-corrected chi connectivity index (χ1v) is 15.1. The second-order valence-corrected chi connectivity index (χ2v) is 11.1. The number of hydrogen-bond donors (Lipinski definition) is 8. The molecule has 1 aliphatic heterocycles. The summed E-state index contributed by atoms with van der Waals surface area (Å²) >= 11 is 1.40. The Morgan fingerprint density at radius 3 is 1.86 bits per heavy atom. The first kappa shape index (κ1) is 37.1. The highest BCUT2D eigenvalue weighted by molar-refractivity contribution is 7.98. The average molecular weight is 631 g/mol. The van der Waals surface area contributed by atoms with Crippen molar-refractivity contribution in [2.45, 2.75) is 88.0 Å². The van der Waals surface area contributed by atoms with Crippen molar-refractivity contribution in [1.29, 1.82) is 0 Å². The van der Waals surface area contributed by atoms with E-state index in [0.29, 0.717) is 12.2 Å². The van der Waals surface area contributed by atoms with Gasteiger partial charge in [0, 0.05) is 25.8 Å². The number of carbonyl (C=O) groups excluding carboxylic acids is 7. The molecular weight excluding hydrogens is 588 g/mol. The summed E-state index contributed by atoms with van der Waals surface area (Å²) in [7, 11) is 0. The second-order valence-electron chi connectivity index (χ2n) is 10.1. The van der Waals surface area contributed by atoms with Crippen LogP contribution >= 0.6 is 11.8 Å². The van der Waals surface area contributed by atoms with Gasteiger partial charge in [0.2, 0.25) is 41.4 Å². The molecule has 0 unspecified atom stereocenters. The van der Waals surface area contributed by atoms with Crippen molar-refractivity contribution in [3.8, 4) is 0 Å². The van der Waals surface area contributed by atoms with Crippen molar-refractivity contribution >= 4 is 59.1 Å². The molecule has 18 heteroatoms. The number of nitrogens with two attached hydrogens (primary N) is 4. The SMILES string of the molecule is CSCC[C@H](NC(=O)[C@@H](N)CCC(N)=O)C(=O)N[C@@H](CCC(N)=O)C(=O)N1CCC[C@H]1C(=O)N[C@@H](CCC(N)=O)C(=O)O. The number of carbonyl (C=O) groups is 8. The number of hydrogen-bond acceptors (Lipinski definition) is 10. The molecule has 1 rings (SSSR count). The monoisotopic (exact) mass is 630 g/mol. The number of rotatable bonds is 20. The quantitative estimate of drug-likeness (QED) is 0.0649. The molecule has 12 N–H and O–H groups in total. The fourth-order valence-electron chi connectivity index (χ4n) is 4.34. The van der Waals surface area contributed by atoms with Gasteiger partial charge in [-0.2, -0.15) is 11.8 Å². The van der Waals surface area contributed by atoms with E-state index in [1.165, 1.54) is 16.7 Å². The Morgan fingerprint density at radius 1 is 0.791 bits per heavy atom. The second kappa shape index (κ2) is 18.6. The van der Waals surface area contributed by atoms with Crippen LogP contribution in [0.3, 0.4) is 0 Å². The maximum absolute atomic E-state index is 13.6. The van der Waals surface area contributed by atoms with Crippen molar-refractivity contribution in [2.75, 3.05) is 18.6 Å². The Balaban J connectivity index is 3.10. The number of amides is 7. The van der Waals surface area contributed by atoms with Crippen LogP contribution in [0.4, 0.5) is 0 Å². The van der Waals surface area contributed by atoms with Gasteiger partial charge in [0.1, 0.15) is 24.2 Å². The van der Waals surface area contributed by atoms with Crippen LogP contribution in [0.25, 0.3) is 0 Å². The van der Waals surface area contributed by atoms with Gasteiger partial charge in [-0.05, 0) is 50.5 Å². The van der Waals surface area contributed by atoms with Crippen LogP contribution in [0.2, 0.25) is 0 Å². The zero-order valence-electron chi connectivity index (χ0n) is 24.0. The lowest BCUT2D eigenvalue weighted by molar-refractivity contribution is -0.145. The van der Waals surface area contributed by atoms with Gasteiger partial charge in [0.05, 0.1) is 6.04 Å². The van der Waals surface area contributed by atoms with E-state index in [-0.39, 0.29) is 57.9 Å². The lowest BCUT2D eigenvalue weighted by atomic mass is 10.1. The standard InChI is InChI=1S/C25H42N8O9S/c1-43-12-10-14(30-21(37)13(26)4-7-18(27)34)22(38)31-15(5-8-19(28)35)24(40)33-11-2-3-17(33)23(39)32-16(25(41)42)6-9-20(29)36/h13-17H,2-12,26H2,1H3,(H2,27,34)(H2,28,35)(H2,29,36)(H,30,37)(H,31,38)(H,32,39)(H,41,42)/t13-,14-,15-,16-,17-/m0/s1. The number of carboxylic acids is 1. The van der Waals surface area contributed by atoms with Gasteiger partial charge in [-0.15, -0.1) is 0 Å². The van der Waals surface area contributed by atoms with Crippen LogP contribution in [0.1, 0.15) is 57.8 Å². The molecular formula is C25H42N8O9S. The first-order valence-electron chi connectivity index (χ1n) is 13.7. The number of nitrogens with zero attached hydrogens (tertiary/aromatic N) is 1. The summed E-state index contributed by atoms with van der Waals surface area (Å²) in [5.74, 6) is -5.99. The molecule has 43 heavy (non-hydrogen) atoms. The molecule has 1 fully saturated rings. The van der Waals surface area contributed by atoms with Crippen molar-refractivity contribution in [3.63, 3.8) is 0 Å². The van der Waals surface area contributed by atoms with Crippen LogP contribution in [0, 0.1) is 0 Å². The molecule has 0 radical (unpaired) electrons. The third kappa shape index (κ3) is 13.3. The summed E-state index contributed by atoms with van der Waals surface area (Å²) in [6, 6.07) is -6.05. The Labute approximate surface area is 252 Å². The largest absolute Gasteiger partial charge is 0.480 e. The molecule has 0 saturated carbocycles. The number of primary amides is 3. The number of thioether (sulfide) groups is 1. The number of carboxylic acid groups (broad SMARTS) is 1. The van der Waals surface area contributed by atoms with E-state index >= 15 is 0 Å². The summed E-state index contributed by atoms with van der Waals surface area (Å²) in [6.45, 7) is 0.111. The van der Waals surface area contributed by atoms with E-state index in [0.717, 1.165) is 0 Å². The summed E-state index contributed by atoms with van der Waals surface area (Å²) < 4.78 is 0. The maximum atomic E-state index is 13.6. The Bertz CT molecular complexity index is 1060. The van der Waals surface area contributed by atoms with Gasteiger partial charge in [-0.25, -0.2) is 4.79 Å². The van der Waals surface area contributed by atoms with E-state index in [2.05, 4.69) is 16.0 Å². The minimum absolute atomic E-state index is 0.0402. The minimum atomic E-state index is -1.42. The molecule has 0 aromatic rings. The fraction of sp³-hybridized carbons (Fsp3) is 0.680. The molecule has 1 heterocycles. The zero-order chi connectivity index (χ0) is 32.7. The van der Waals surface area contributed by atoms with Gasteiger partial charge >= 0.3 is 5.97 Å². The highest BCUT2D eigenvalue weighted by Gasteiger charge is 2.39. The predicted octanol–water partition coefficient (Wildman–Crippen LogP) is -3.61. The molecule has 0 aromatic heterocycles. The van der Waals surface area contributed by atoms with Gasteiger partial charge in [0.25, 0.3) is 0 Å². The van der Waals surface area contributed by atoms with Crippen molar-refractivity contribution < 1.29 is 43.5 Å². The third-order valence-electron chi connectivity index (χ3n) is 6.71. The van der Waals surface area contributed by atoms with Gasteiger partial charge in [-0.1, -0.05) is 0 Å². The van der Waals surface area contributed by atoms with Crippen molar-refractivity contribution in [3.05, 3.63) is 0 Å². The van der Waals surface area contributed by atoms with Crippen LogP contribution in [-0.2, 0) is 38.4 Å². The van der Waals surface area contributed by atoms with E-state index in [4.69, 9.17) is 22.9 Å². The summed E-state index contributed by atoms with van der Waals surface area (Å²) in [5, 5.41) is 16.8. The summed E-state index contributed by atoms with van der Waals surface area (Å²) in [5.41, 5.74) is 21.3. The number of likely N-dealkylation sites (tertiary alicyclic amines) is 1. The third-order valence-corrected chi connectivity index (χ3v) is 7.35. The molecule has 0 bridgehead atoms. The fourth-order valence-corrected chi connectivity index (χ4v) is 4.81. The average Bonchev–Trinajstić information content (AvgIpc) is 3.43.